The summed E-state index contributed by atoms with van der Waals surface area (Å²) in [6.45, 7) is 3.10. The lowest BCUT2D eigenvalue weighted by molar-refractivity contribution is 0.690. The predicted molar refractivity (Wildman–Crippen MR) is 102 cm³/mol. The molecule has 0 unspecified atom stereocenters. The van der Waals surface area contributed by atoms with Gasteiger partial charge in [0, 0.05) is 6.54 Å². The van der Waals surface area contributed by atoms with E-state index in [9.17, 15) is 0 Å². The van der Waals surface area contributed by atoms with Crippen LogP contribution in [0.3, 0.4) is 0 Å². The molecule has 0 atom stereocenters. The summed E-state index contributed by atoms with van der Waals surface area (Å²) in [6, 6.07) is 16.4. The number of thiophene rings is 1. The van der Waals surface area contributed by atoms with Gasteiger partial charge in [-0.3, -0.25) is 0 Å². The fourth-order valence-electron chi connectivity index (χ4n) is 2.64. The Morgan fingerprint density at radius 2 is 1.96 bits per heavy atom. The van der Waals surface area contributed by atoms with Crippen molar-refractivity contribution in [1.82, 2.24) is 9.55 Å². The molecule has 1 aromatic carbocycles. The van der Waals surface area contributed by atoms with Crippen molar-refractivity contribution in [1.29, 1.82) is 0 Å². The van der Waals surface area contributed by atoms with Gasteiger partial charge in [-0.05, 0) is 42.1 Å². The molecule has 0 saturated heterocycles. The molecular weight excluding hydrogens is 336 g/mol. The number of nitrogens with zero attached hydrogens (tertiary/aromatic N) is 4. The molecule has 0 spiro atoms. The highest BCUT2D eigenvalue weighted by Gasteiger charge is 2.10. The molecule has 4 rings (SSSR count). The minimum absolute atomic E-state index is 0.693. The van der Waals surface area contributed by atoms with Crippen LogP contribution in [0, 0.1) is 0 Å². The van der Waals surface area contributed by atoms with E-state index in [1.165, 1.54) is 10.6 Å². The van der Waals surface area contributed by atoms with Crippen molar-refractivity contribution < 1.29 is 0 Å². The van der Waals surface area contributed by atoms with Gasteiger partial charge < -0.3 is 4.57 Å². The number of benzene rings is 1. The SMILES string of the molecule is CCCn1c(/N=N/c2nc3ccccc3s2)ccc1-c1cccs1. The van der Waals surface area contributed by atoms with E-state index in [1.54, 1.807) is 22.7 Å². The Morgan fingerprint density at radius 3 is 2.75 bits per heavy atom. The molecule has 0 N–H and O–H groups in total. The first-order valence-electron chi connectivity index (χ1n) is 7.86. The molecule has 4 nitrogen and oxygen atoms in total. The van der Waals surface area contributed by atoms with E-state index < -0.39 is 0 Å². The molecule has 0 aliphatic heterocycles. The molecule has 0 aliphatic carbocycles. The van der Waals surface area contributed by atoms with E-state index in [0.717, 1.165) is 29.0 Å². The molecule has 0 radical (unpaired) electrons. The molecule has 0 fully saturated rings. The fraction of sp³-hybridized carbons (Fsp3) is 0.167. The maximum atomic E-state index is 4.51. The number of hydrogen-bond donors (Lipinski definition) is 0. The van der Waals surface area contributed by atoms with Gasteiger partial charge in [-0.25, -0.2) is 4.98 Å². The Balaban J connectivity index is 1.68. The van der Waals surface area contributed by atoms with Crippen LogP contribution in [0.15, 0.2) is 64.1 Å². The first-order chi connectivity index (χ1) is 11.8. The van der Waals surface area contributed by atoms with Gasteiger partial charge in [0.05, 0.1) is 20.8 Å². The number of para-hydroxylation sites is 1. The van der Waals surface area contributed by atoms with Crippen LogP contribution in [0.1, 0.15) is 13.3 Å². The van der Waals surface area contributed by atoms with Crippen molar-refractivity contribution in [2.24, 2.45) is 10.2 Å². The predicted octanol–water partition coefficient (Wildman–Crippen LogP) is 6.65. The zero-order valence-electron chi connectivity index (χ0n) is 13.2. The second-order valence-electron chi connectivity index (χ2n) is 5.37. The lowest BCUT2D eigenvalue weighted by Crippen LogP contribution is -1.97. The third kappa shape index (κ3) is 2.90. The third-order valence-electron chi connectivity index (χ3n) is 3.70. The highest BCUT2D eigenvalue weighted by atomic mass is 32.1. The largest absolute Gasteiger partial charge is 0.324 e. The number of aromatic nitrogens is 2. The van der Waals surface area contributed by atoms with E-state index in [2.05, 4.69) is 56.3 Å². The van der Waals surface area contributed by atoms with Gasteiger partial charge in [-0.1, -0.05) is 36.5 Å². The molecule has 3 heterocycles. The molecule has 4 aromatic rings. The second-order valence-corrected chi connectivity index (χ2v) is 7.33. The topological polar surface area (TPSA) is 42.5 Å². The highest BCUT2D eigenvalue weighted by molar-refractivity contribution is 7.21. The number of rotatable bonds is 5. The first kappa shape index (κ1) is 15.2. The summed E-state index contributed by atoms with van der Waals surface area (Å²) < 4.78 is 3.36. The number of azo groups is 1. The fourth-order valence-corrected chi connectivity index (χ4v) is 4.19. The van der Waals surface area contributed by atoms with Gasteiger partial charge in [-0.2, -0.15) is 0 Å². The van der Waals surface area contributed by atoms with Crippen molar-refractivity contribution in [2.45, 2.75) is 19.9 Å². The maximum absolute atomic E-state index is 4.51. The average molecular weight is 352 g/mol. The van der Waals surface area contributed by atoms with Crippen molar-refractivity contribution >= 4 is 43.8 Å². The zero-order valence-corrected chi connectivity index (χ0v) is 14.8. The Labute approximate surface area is 148 Å². The van der Waals surface area contributed by atoms with Gasteiger partial charge in [-0.15, -0.1) is 21.6 Å². The van der Waals surface area contributed by atoms with Crippen LogP contribution in [0.4, 0.5) is 10.9 Å². The van der Waals surface area contributed by atoms with Crippen LogP contribution in [0.5, 0.6) is 0 Å². The lowest BCUT2D eigenvalue weighted by atomic mass is 10.3. The Kier molecular flexibility index (Phi) is 4.23. The molecule has 0 aliphatic rings. The van der Waals surface area contributed by atoms with E-state index in [4.69, 9.17) is 0 Å². The van der Waals surface area contributed by atoms with Crippen molar-refractivity contribution in [3.63, 3.8) is 0 Å². The molecule has 0 amide bonds. The Bertz CT molecular complexity index is 947. The van der Waals surface area contributed by atoms with Crippen molar-refractivity contribution in [3.05, 3.63) is 53.9 Å². The van der Waals surface area contributed by atoms with E-state index in [-0.39, 0.29) is 0 Å². The van der Waals surface area contributed by atoms with Crippen LogP contribution in [0.2, 0.25) is 0 Å². The minimum atomic E-state index is 0.693. The molecular formula is C18H16N4S2. The average Bonchev–Trinajstić information content (AvgIpc) is 3.32. The normalized spacial score (nSPS) is 11.7. The summed E-state index contributed by atoms with van der Waals surface area (Å²) in [5.41, 5.74) is 2.17. The maximum Gasteiger partial charge on any atom is 0.231 e. The van der Waals surface area contributed by atoms with Gasteiger partial charge in [0.25, 0.3) is 0 Å². The summed E-state index contributed by atoms with van der Waals surface area (Å²) in [7, 11) is 0. The summed E-state index contributed by atoms with van der Waals surface area (Å²) in [5, 5.41) is 11.6. The van der Waals surface area contributed by atoms with Gasteiger partial charge in [0.1, 0.15) is 0 Å². The standard InChI is InChI=1S/C18H16N4S2/c1-2-11-22-14(16-8-5-12-23-16)9-10-17(22)20-21-18-19-13-6-3-4-7-15(13)24-18/h3-10,12H,2,11H2,1H3/b21-20+. The molecule has 0 bridgehead atoms. The van der Waals surface area contributed by atoms with Crippen LogP contribution >= 0.6 is 22.7 Å². The van der Waals surface area contributed by atoms with E-state index in [0.29, 0.717) is 5.13 Å². The van der Waals surface area contributed by atoms with Crippen LogP contribution in [0.25, 0.3) is 20.8 Å². The second kappa shape index (κ2) is 6.67. The molecule has 6 heteroatoms. The lowest BCUT2D eigenvalue weighted by Gasteiger charge is -2.07. The Hall–Kier alpha value is -2.31. The summed E-state index contributed by atoms with van der Waals surface area (Å²) in [4.78, 5) is 5.77. The highest BCUT2D eigenvalue weighted by Crippen LogP contribution is 2.33. The summed E-state index contributed by atoms with van der Waals surface area (Å²) >= 11 is 3.30. The van der Waals surface area contributed by atoms with Gasteiger partial charge in [0.15, 0.2) is 5.82 Å². The minimum Gasteiger partial charge on any atom is -0.324 e. The van der Waals surface area contributed by atoms with Crippen LogP contribution in [-0.4, -0.2) is 9.55 Å². The van der Waals surface area contributed by atoms with Crippen LogP contribution < -0.4 is 0 Å². The quantitative estimate of drug-likeness (QED) is 0.371. The van der Waals surface area contributed by atoms with E-state index in [1.807, 2.05) is 24.3 Å². The molecule has 0 saturated carbocycles. The first-order valence-corrected chi connectivity index (χ1v) is 9.55. The number of hydrogen-bond acceptors (Lipinski definition) is 5. The van der Waals surface area contributed by atoms with Crippen molar-refractivity contribution in [3.8, 4) is 10.6 Å². The van der Waals surface area contributed by atoms with Crippen LogP contribution in [-0.2, 0) is 6.54 Å². The van der Waals surface area contributed by atoms with Gasteiger partial charge in [0.2, 0.25) is 5.13 Å². The molecule has 3 aromatic heterocycles. The monoisotopic (exact) mass is 352 g/mol. The number of fused-ring (bicyclic) bond motifs is 1. The number of thiazole rings is 1. The third-order valence-corrected chi connectivity index (χ3v) is 5.51. The Morgan fingerprint density at radius 1 is 1.04 bits per heavy atom. The van der Waals surface area contributed by atoms with E-state index >= 15 is 0 Å². The summed E-state index contributed by atoms with van der Waals surface area (Å²) in [5.74, 6) is 0.875. The van der Waals surface area contributed by atoms with Crippen molar-refractivity contribution in [2.75, 3.05) is 0 Å². The smallest absolute Gasteiger partial charge is 0.231 e. The zero-order chi connectivity index (χ0) is 16.4. The van der Waals surface area contributed by atoms with Gasteiger partial charge >= 0.3 is 0 Å². The summed E-state index contributed by atoms with van der Waals surface area (Å²) in [6.07, 6.45) is 1.05. The molecule has 24 heavy (non-hydrogen) atoms. The molecule has 120 valence electrons.